The Hall–Kier alpha value is -1.06. The lowest BCUT2D eigenvalue weighted by atomic mass is 10.1. The molecule has 2 aliphatic heterocycles. The molecule has 2 atom stereocenters. The van der Waals surface area contributed by atoms with E-state index in [2.05, 4.69) is 46.6 Å². The molecule has 0 aromatic heterocycles. The van der Waals surface area contributed by atoms with Crippen molar-refractivity contribution in [1.29, 1.82) is 0 Å². The van der Waals surface area contributed by atoms with E-state index in [4.69, 9.17) is 0 Å². The molecule has 2 unspecified atom stereocenters. The molecule has 3 heteroatoms. The molecule has 0 saturated carbocycles. The number of nitrogens with one attached hydrogen (secondary N) is 1. The average Bonchev–Trinajstić information content (AvgIpc) is 2.78. The number of hydrogen-bond acceptors (Lipinski definition) is 3. The smallest absolute Gasteiger partial charge is 0.168 e. The van der Waals surface area contributed by atoms with Crippen molar-refractivity contribution in [2.45, 2.75) is 12.8 Å². The first-order chi connectivity index (χ1) is 5.88. The molecule has 1 aromatic carbocycles. The first kappa shape index (κ1) is 6.46. The molecule has 0 aliphatic carbocycles. The molecule has 1 aromatic rings. The van der Waals surface area contributed by atoms with E-state index < -0.39 is 0 Å². The Balaban J connectivity index is 2.10. The van der Waals surface area contributed by atoms with Crippen LogP contribution in [0.25, 0.3) is 0 Å². The van der Waals surface area contributed by atoms with Crippen LogP contribution in [0.5, 0.6) is 0 Å². The zero-order valence-corrected chi connectivity index (χ0v) is 6.99. The molecule has 0 spiro atoms. The van der Waals surface area contributed by atoms with Crippen LogP contribution in [-0.4, -0.2) is 18.3 Å². The summed E-state index contributed by atoms with van der Waals surface area (Å²) in [6.45, 7) is 0.988. The fourth-order valence-corrected chi connectivity index (χ4v) is 1.86. The van der Waals surface area contributed by atoms with Crippen LogP contribution in [-0.2, 0) is 6.54 Å². The highest BCUT2D eigenvalue weighted by Gasteiger charge is 2.45. The largest absolute Gasteiger partial charge is 0.278 e. The maximum atomic E-state index is 3.41. The Morgan fingerprint density at radius 1 is 1.42 bits per heavy atom. The maximum Gasteiger partial charge on any atom is 0.168 e. The van der Waals surface area contributed by atoms with E-state index in [0.29, 0.717) is 6.29 Å². The van der Waals surface area contributed by atoms with Gasteiger partial charge in [0.25, 0.3) is 0 Å². The number of rotatable bonds is 0. The predicted octanol–water partition coefficient (Wildman–Crippen LogP) is 0.740. The summed E-state index contributed by atoms with van der Waals surface area (Å²) in [6.07, 6.45) is 0.444. The van der Waals surface area contributed by atoms with Crippen LogP contribution < -0.4 is 10.3 Å². The maximum absolute atomic E-state index is 3.41. The number of hydrogen-bond donors (Lipinski definition) is 1. The van der Waals surface area contributed by atoms with E-state index >= 15 is 0 Å². The van der Waals surface area contributed by atoms with Gasteiger partial charge in [0.05, 0.1) is 5.69 Å². The van der Waals surface area contributed by atoms with Crippen molar-refractivity contribution < 1.29 is 0 Å². The lowest BCUT2D eigenvalue weighted by molar-refractivity contribution is 0.536. The van der Waals surface area contributed by atoms with Gasteiger partial charge in [-0.25, -0.2) is 0 Å². The molecule has 2 heterocycles. The van der Waals surface area contributed by atoms with Crippen LogP contribution in [0, 0.1) is 0 Å². The van der Waals surface area contributed by atoms with E-state index in [-0.39, 0.29) is 0 Å². The quantitative estimate of drug-likeness (QED) is 0.566. The van der Waals surface area contributed by atoms with Gasteiger partial charge in [-0.1, -0.05) is 18.2 Å². The second-order valence-corrected chi connectivity index (χ2v) is 3.30. The van der Waals surface area contributed by atoms with Gasteiger partial charge in [0.2, 0.25) is 0 Å². The third kappa shape index (κ3) is 0.673. The second kappa shape index (κ2) is 2.00. The number of hydrazine groups is 1. The van der Waals surface area contributed by atoms with Gasteiger partial charge in [-0.05, 0) is 11.6 Å². The minimum Gasteiger partial charge on any atom is -0.278 e. The molecule has 3 rings (SSSR count). The van der Waals surface area contributed by atoms with E-state index in [9.17, 15) is 0 Å². The Labute approximate surface area is 71.6 Å². The van der Waals surface area contributed by atoms with Crippen molar-refractivity contribution in [3.63, 3.8) is 0 Å². The first-order valence-electron chi connectivity index (χ1n) is 4.21. The van der Waals surface area contributed by atoms with Gasteiger partial charge in [0.1, 0.15) is 0 Å². The molecule has 12 heavy (non-hydrogen) atoms. The SMILES string of the molecule is CN1C2NCc3ccccc3N21. The normalized spacial score (nSPS) is 30.9. The van der Waals surface area contributed by atoms with Crippen LogP contribution in [0.3, 0.4) is 0 Å². The summed E-state index contributed by atoms with van der Waals surface area (Å²) < 4.78 is 0. The highest BCUT2D eigenvalue weighted by atomic mass is 15.9. The Kier molecular flexibility index (Phi) is 1.07. The fourth-order valence-electron chi connectivity index (χ4n) is 1.86. The van der Waals surface area contributed by atoms with Crippen molar-refractivity contribution in [3.8, 4) is 0 Å². The third-order valence-electron chi connectivity index (χ3n) is 2.58. The van der Waals surface area contributed by atoms with Crippen molar-refractivity contribution in [1.82, 2.24) is 10.3 Å². The topological polar surface area (TPSA) is 18.0 Å². The van der Waals surface area contributed by atoms with Gasteiger partial charge >= 0.3 is 0 Å². The number of fused-ring (bicyclic) bond motifs is 3. The number of anilines is 1. The van der Waals surface area contributed by atoms with Crippen LogP contribution in [0.15, 0.2) is 24.3 Å². The molecule has 0 bridgehead atoms. The molecule has 62 valence electrons. The first-order valence-corrected chi connectivity index (χ1v) is 4.21. The highest BCUT2D eigenvalue weighted by molar-refractivity contribution is 5.58. The highest BCUT2D eigenvalue weighted by Crippen LogP contribution is 2.36. The molecular formula is C9H11N3. The van der Waals surface area contributed by atoms with Crippen molar-refractivity contribution in [3.05, 3.63) is 29.8 Å². The van der Waals surface area contributed by atoms with E-state index in [1.165, 1.54) is 11.3 Å². The van der Waals surface area contributed by atoms with Gasteiger partial charge in [-0.3, -0.25) is 10.3 Å². The predicted molar refractivity (Wildman–Crippen MR) is 47.3 cm³/mol. The van der Waals surface area contributed by atoms with Crippen molar-refractivity contribution >= 4 is 5.69 Å². The molecular weight excluding hydrogens is 150 g/mol. The van der Waals surface area contributed by atoms with E-state index in [1.54, 1.807) is 0 Å². The monoisotopic (exact) mass is 161 g/mol. The summed E-state index contributed by atoms with van der Waals surface area (Å²) >= 11 is 0. The number of para-hydroxylation sites is 1. The van der Waals surface area contributed by atoms with Gasteiger partial charge in [0, 0.05) is 13.6 Å². The summed E-state index contributed by atoms with van der Waals surface area (Å²) in [4.78, 5) is 0. The summed E-state index contributed by atoms with van der Waals surface area (Å²) in [5, 5.41) is 7.88. The molecule has 2 aliphatic rings. The van der Waals surface area contributed by atoms with E-state index in [1.807, 2.05) is 0 Å². The lowest BCUT2D eigenvalue weighted by Crippen LogP contribution is -2.26. The van der Waals surface area contributed by atoms with Gasteiger partial charge in [-0.2, -0.15) is 5.01 Å². The minimum absolute atomic E-state index is 0.444. The molecule has 3 nitrogen and oxygen atoms in total. The van der Waals surface area contributed by atoms with Crippen LogP contribution >= 0.6 is 0 Å². The second-order valence-electron chi connectivity index (χ2n) is 3.30. The van der Waals surface area contributed by atoms with Crippen LogP contribution in [0.1, 0.15) is 5.56 Å². The molecule has 1 N–H and O–H groups in total. The summed E-state index contributed by atoms with van der Waals surface area (Å²) in [5.74, 6) is 0. The molecule has 1 saturated heterocycles. The Bertz CT molecular complexity index is 323. The summed E-state index contributed by atoms with van der Waals surface area (Å²) in [7, 11) is 2.10. The summed E-state index contributed by atoms with van der Waals surface area (Å²) in [6, 6.07) is 8.52. The van der Waals surface area contributed by atoms with E-state index in [0.717, 1.165) is 6.54 Å². The lowest BCUT2D eigenvalue weighted by Gasteiger charge is -2.15. The Morgan fingerprint density at radius 2 is 2.25 bits per heavy atom. The summed E-state index contributed by atoms with van der Waals surface area (Å²) in [5.41, 5.74) is 2.74. The zero-order valence-electron chi connectivity index (χ0n) is 6.99. The fraction of sp³-hybridized carbons (Fsp3) is 0.333. The standard InChI is InChI=1S/C9H11N3/c1-11-9-10-6-7-4-2-3-5-8(7)12(9)11/h2-5,9-10H,6H2,1H3. The zero-order chi connectivity index (χ0) is 8.13. The molecule has 1 fully saturated rings. The van der Waals surface area contributed by atoms with Crippen LogP contribution in [0.4, 0.5) is 5.69 Å². The van der Waals surface area contributed by atoms with Gasteiger partial charge in [-0.15, -0.1) is 0 Å². The average molecular weight is 161 g/mol. The molecule has 0 amide bonds. The van der Waals surface area contributed by atoms with Crippen molar-refractivity contribution in [2.24, 2.45) is 0 Å². The minimum atomic E-state index is 0.444. The van der Waals surface area contributed by atoms with Crippen molar-refractivity contribution in [2.75, 3.05) is 12.1 Å². The number of benzene rings is 1. The third-order valence-corrected chi connectivity index (χ3v) is 2.58. The van der Waals surface area contributed by atoms with Gasteiger partial charge < -0.3 is 0 Å². The Morgan fingerprint density at radius 3 is 3.17 bits per heavy atom. The molecule has 0 radical (unpaired) electrons. The van der Waals surface area contributed by atoms with Gasteiger partial charge in [0.15, 0.2) is 6.29 Å². The number of nitrogens with zero attached hydrogens (tertiary/aromatic N) is 2. The van der Waals surface area contributed by atoms with Crippen LogP contribution in [0.2, 0.25) is 0 Å².